The number of hydrogen-bond donors (Lipinski definition) is 2. The predicted octanol–water partition coefficient (Wildman–Crippen LogP) is 3.50. The van der Waals surface area contributed by atoms with Crippen LogP contribution in [0, 0.1) is 0 Å². The van der Waals surface area contributed by atoms with E-state index >= 15 is 0 Å². The van der Waals surface area contributed by atoms with Gasteiger partial charge in [-0.15, -0.1) is 0 Å². The molecule has 0 aliphatic carbocycles. The zero-order chi connectivity index (χ0) is 20.2. The molecule has 1 saturated heterocycles. The van der Waals surface area contributed by atoms with Crippen molar-refractivity contribution in [3.63, 3.8) is 0 Å². The molecule has 0 aromatic heterocycles. The molecule has 2 rings (SSSR count). The molecule has 0 radical (unpaired) electrons. The van der Waals surface area contributed by atoms with Gasteiger partial charge in [-0.1, -0.05) is 44.2 Å². The van der Waals surface area contributed by atoms with Gasteiger partial charge in [-0.2, -0.15) is 0 Å². The summed E-state index contributed by atoms with van der Waals surface area (Å²) in [7, 11) is 1.87. The molecule has 1 heterocycles. The van der Waals surface area contributed by atoms with Gasteiger partial charge in [-0.05, 0) is 70.9 Å². The Hall–Kier alpha value is -1.59. The third-order valence-electron chi connectivity index (χ3n) is 5.84. The highest BCUT2D eigenvalue weighted by molar-refractivity contribution is 5.79. The van der Waals surface area contributed by atoms with Gasteiger partial charge in [0.25, 0.3) is 0 Å². The molecule has 2 unspecified atom stereocenters. The Morgan fingerprint density at radius 1 is 1.14 bits per heavy atom. The second kappa shape index (κ2) is 12.8. The van der Waals surface area contributed by atoms with Gasteiger partial charge in [0.15, 0.2) is 5.96 Å². The largest absolute Gasteiger partial charge is 0.354 e. The molecule has 0 bridgehead atoms. The SMILES string of the molecule is CCN(CC)CCCC(C)NC(=NC)NCC(c1ccccc1)N1CCCC1. The van der Waals surface area contributed by atoms with Crippen molar-refractivity contribution in [3.05, 3.63) is 35.9 Å². The van der Waals surface area contributed by atoms with Crippen LogP contribution in [0.15, 0.2) is 35.3 Å². The molecule has 2 atom stereocenters. The van der Waals surface area contributed by atoms with Gasteiger partial charge in [-0.25, -0.2) is 0 Å². The third-order valence-corrected chi connectivity index (χ3v) is 5.84. The minimum atomic E-state index is 0.403. The van der Waals surface area contributed by atoms with E-state index in [0.717, 1.165) is 32.0 Å². The highest BCUT2D eigenvalue weighted by Crippen LogP contribution is 2.24. The first-order chi connectivity index (χ1) is 13.7. The van der Waals surface area contributed by atoms with Gasteiger partial charge in [0.1, 0.15) is 0 Å². The fourth-order valence-corrected chi connectivity index (χ4v) is 4.04. The van der Waals surface area contributed by atoms with Crippen LogP contribution in [-0.4, -0.2) is 68.1 Å². The predicted molar refractivity (Wildman–Crippen MR) is 121 cm³/mol. The fourth-order valence-electron chi connectivity index (χ4n) is 4.04. The van der Waals surface area contributed by atoms with Crippen LogP contribution in [0.1, 0.15) is 58.1 Å². The Balaban J connectivity index is 1.83. The molecule has 0 spiro atoms. The highest BCUT2D eigenvalue weighted by atomic mass is 15.2. The van der Waals surface area contributed by atoms with E-state index in [1.165, 1.54) is 44.5 Å². The number of likely N-dealkylation sites (tertiary alicyclic amines) is 1. The Kier molecular flexibility index (Phi) is 10.4. The van der Waals surface area contributed by atoms with Crippen LogP contribution in [0.5, 0.6) is 0 Å². The van der Waals surface area contributed by atoms with Gasteiger partial charge in [-0.3, -0.25) is 9.89 Å². The van der Waals surface area contributed by atoms with Gasteiger partial charge in [0.05, 0.1) is 6.04 Å². The Labute approximate surface area is 172 Å². The first kappa shape index (κ1) is 22.7. The Bertz CT molecular complexity index is 549. The molecule has 1 aliphatic rings. The minimum Gasteiger partial charge on any atom is -0.354 e. The van der Waals surface area contributed by atoms with Gasteiger partial charge < -0.3 is 15.5 Å². The maximum absolute atomic E-state index is 4.46. The normalized spacial score (nSPS) is 17.7. The molecule has 1 aromatic rings. The molecule has 1 aromatic carbocycles. The summed E-state index contributed by atoms with van der Waals surface area (Å²) in [5.41, 5.74) is 1.39. The van der Waals surface area contributed by atoms with Gasteiger partial charge in [0, 0.05) is 19.6 Å². The number of nitrogens with one attached hydrogen (secondary N) is 2. The standard InChI is InChI=1S/C23H41N5/c1-5-27(6-2)16-12-13-20(3)26-23(24-4)25-19-22(28-17-10-11-18-28)21-14-8-7-9-15-21/h7-9,14-15,20,22H,5-6,10-13,16-19H2,1-4H3,(H2,24,25,26). The Morgan fingerprint density at radius 3 is 2.43 bits per heavy atom. The van der Waals surface area contributed by atoms with Crippen molar-refractivity contribution in [3.8, 4) is 0 Å². The van der Waals surface area contributed by atoms with Crippen LogP contribution in [0.3, 0.4) is 0 Å². The summed E-state index contributed by atoms with van der Waals surface area (Å²) in [6.07, 6.45) is 4.98. The monoisotopic (exact) mass is 387 g/mol. The summed E-state index contributed by atoms with van der Waals surface area (Å²) in [5.74, 6) is 0.912. The first-order valence-corrected chi connectivity index (χ1v) is 11.2. The molecule has 28 heavy (non-hydrogen) atoms. The number of aliphatic imine (C=N–C) groups is 1. The van der Waals surface area contributed by atoms with Crippen molar-refractivity contribution in [2.24, 2.45) is 4.99 Å². The number of benzene rings is 1. The second-order valence-corrected chi connectivity index (χ2v) is 7.84. The molecule has 5 nitrogen and oxygen atoms in total. The van der Waals surface area contributed by atoms with Crippen LogP contribution in [0.2, 0.25) is 0 Å². The summed E-state index contributed by atoms with van der Waals surface area (Å²) in [6.45, 7) is 13.4. The summed E-state index contributed by atoms with van der Waals surface area (Å²) < 4.78 is 0. The summed E-state index contributed by atoms with van der Waals surface area (Å²) in [5, 5.41) is 7.16. The van der Waals surface area contributed by atoms with Crippen molar-refractivity contribution in [1.82, 2.24) is 20.4 Å². The van der Waals surface area contributed by atoms with Crippen molar-refractivity contribution in [2.45, 2.75) is 58.5 Å². The molecule has 0 amide bonds. The van der Waals surface area contributed by atoms with E-state index in [1.807, 2.05) is 7.05 Å². The number of nitrogens with zero attached hydrogens (tertiary/aromatic N) is 3. The zero-order valence-corrected chi connectivity index (χ0v) is 18.5. The summed E-state index contributed by atoms with van der Waals surface area (Å²) in [6, 6.07) is 11.7. The van der Waals surface area contributed by atoms with E-state index in [1.54, 1.807) is 0 Å². The number of rotatable bonds is 11. The molecular weight excluding hydrogens is 346 g/mol. The lowest BCUT2D eigenvalue weighted by Crippen LogP contribution is -2.45. The molecule has 2 N–H and O–H groups in total. The maximum Gasteiger partial charge on any atom is 0.191 e. The molecular formula is C23H41N5. The van der Waals surface area contributed by atoms with Crippen LogP contribution >= 0.6 is 0 Å². The average molecular weight is 388 g/mol. The van der Waals surface area contributed by atoms with E-state index in [0.29, 0.717) is 12.1 Å². The van der Waals surface area contributed by atoms with Crippen LogP contribution < -0.4 is 10.6 Å². The van der Waals surface area contributed by atoms with E-state index in [-0.39, 0.29) is 0 Å². The molecule has 0 saturated carbocycles. The van der Waals surface area contributed by atoms with Gasteiger partial charge >= 0.3 is 0 Å². The summed E-state index contributed by atoms with van der Waals surface area (Å²) >= 11 is 0. The molecule has 158 valence electrons. The zero-order valence-electron chi connectivity index (χ0n) is 18.5. The van der Waals surface area contributed by atoms with Crippen molar-refractivity contribution in [2.75, 3.05) is 46.3 Å². The van der Waals surface area contributed by atoms with E-state index < -0.39 is 0 Å². The minimum absolute atomic E-state index is 0.403. The van der Waals surface area contributed by atoms with Crippen LogP contribution in [0.25, 0.3) is 0 Å². The number of hydrogen-bond acceptors (Lipinski definition) is 3. The van der Waals surface area contributed by atoms with Crippen LogP contribution in [0.4, 0.5) is 0 Å². The third kappa shape index (κ3) is 7.44. The van der Waals surface area contributed by atoms with Crippen molar-refractivity contribution < 1.29 is 0 Å². The van der Waals surface area contributed by atoms with Crippen molar-refractivity contribution in [1.29, 1.82) is 0 Å². The van der Waals surface area contributed by atoms with Crippen LogP contribution in [-0.2, 0) is 0 Å². The molecule has 1 aliphatic heterocycles. The quantitative estimate of drug-likeness (QED) is 0.450. The maximum atomic E-state index is 4.46. The van der Waals surface area contributed by atoms with E-state index in [9.17, 15) is 0 Å². The van der Waals surface area contributed by atoms with E-state index in [4.69, 9.17) is 0 Å². The van der Waals surface area contributed by atoms with Gasteiger partial charge in [0.2, 0.25) is 0 Å². The topological polar surface area (TPSA) is 42.9 Å². The lowest BCUT2D eigenvalue weighted by Gasteiger charge is -2.29. The lowest BCUT2D eigenvalue weighted by atomic mass is 10.1. The molecule has 5 heteroatoms. The fraction of sp³-hybridized carbons (Fsp3) is 0.696. The van der Waals surface area contributed by atoms with E-state index in [2.05, 4.69) is 76.5 Å². The second-order valence-electron chi connectivity index (χ2n) is 7.84. The molecule has 1 fully saturated rings. The summed E-state index contributed by atoms with van der Waals surface area (Å²) in [4.78, 5) is 9.55. The first-order valence-electron chi connectivity index (χ1n) is 11.2. The van der Waals surface area contributed by atoms with Crippen molar-refractivity contribution >= 4 is 5.96 Å². The lowest BCUT2D eigenvalue weighted by molar-refractivity contribution is 0.245. The average Bonchev–Trinajstić information content (AvgIpc) is 3.26. The smallest absolute Gasteiger partial charge is 0.191 e. The highest BCUT2D eigenvalue weighted by Gasteiger charge is 2.23. The Morgan fingerprint density at radius 2 is 1.82 bits per heavy atom. The number of guanidine groups is 1.